The van der Waals surface area contributed by atoms with Crippen molar-refractivity contribution >= 4 is 10.0 Å². The first kappa shape index (κ1) is 15.5. The zero-order valence-corrected chi connectivity index (χ0v) is 13.3. The topological polar surface area (TPSA) is 62.6 Å². The van der Waals surface area contributed by atoms with E-state index in [2.05, 4.69) is 5.32 Å². The molecule has 0 amide bonds. The molecule has 1 aliphatic rings. The number of aryl methyl sites for hydroxylation is 1. The van der Waals surface area contributed by atoms with Gasteiger partial charge in [0, 0.05) is 18.7 Å². The molecule has 1 aromatic heterocycles. The maximum Gasteiger partial charge on any atom is 0.246 e. The lowest BCUT2D eigenvalue weighted by molar-refractivity contribution is 0.378. The largest absolute Gasteiger partial charge is 0.464 e. The molecule has 0 aliphatic carbocycles. The summed E-state index contributed by atoms with van der Waals surface area (Å²) in [6, 6.07) is 1.80. The monoisotopic (exact) mass is 300 g/mol. The smallest absolute Gasteiger partial charge is 0.246 e. The number of hydrogen-bond acceptors (Lipinski definition) is 4. The number of hydrogen-bond donors (Lipinski definition) is 1. The first-order chi connectivity index (χ1) is 9.50. The van der Waals surface area contributed by atoms with Crippen molar-refractivity contribution in [1.82, 2.24) is 9.62 Å². The Bertz CT molecular complexity index is 551. The zero-order valence-electron chi connectivity index (χ0n) is 12.5. The van der Waals surface area contributed by atoms with Crippen molar-refractivity contribution in [2.75, 3.05) is 13.1 Å². The van der Waals surface area contributed by atoms with Gasteiger partial charge in [0.1, 0.15) is 16.4 Å². The van der Waals surface area contributed by atoms with Gasteiger partial charge < -0.3 is 9.73 Å². The highest BCUT2D eigenvalue weighted by atomic mass is 32.2. The standard InChI is InChI=1S/C14H24N2O3S/c1-4-12-7-6-8-16(12)20(17,18)14-9-13(10-15-5-2)19-11(14)3/h9,12,15H,4-8,10H2,1-3H3. The Kier molecular flexibility index (Phi) is 4.88. The highest BCUT2D eigenvalue weighted by molar-refractivity contribution is 7.89. The molecule has 1 aromatic rings. The van der Waals surface area contributed by atoms with Crippen LogP contribution in [-0.4, -0.2) is 31.9 Å². The lowest BCUT2D eigenvalue weighted by atomic mass is 10.2. The van der Waals surface area contributed by atoms with Gasteiger partial charge in [-0.3, -0.25) is 0 Å². The van der Waals surface area contributed by atoms with E-state index in [4.69, 9.17) is 4.42 Å². The van der Waals surface area contributed by atoms with E-state index in [0.29, 0.717) is 29.5 Å². The summed E-state index contributed by atoms with van der Waals surface area (Å²) in [5.41, 5.74) is 0. The minimum Gasteiger partial charge on any atom is -0.464 e. The van der Waals surface area contributed by atoms with E-state index in [1.807, 2.05) is 13.8 Å². The van der Waals surface area contributed by atoms with Crippen LogP contribution in [0.15, 0.2) is 15.4 Å². The summed E-state index contributed by atoms with van der Waals surface area (Å²) in [6.07, 6.45) is 2.76. The Hall–Kier alpha value is -0.850. The molecule has 1 fully saturated rings. The molecule has 1 N–H and O–H groups in total. The fraction of sp³-hybridized carbons (Fsp3) is 0.714. The van der Waals surface area contributed by atoms with Gasteiger partial charge in [-0.25, -0.2) is 8.42 Å². The van der Waals surface area contributed by atoms with Crippen LogP contribution in [0.1, 0.15) is 44.6 Å². The number of rotatable bonds is 6. The van der Waals surface area contributed by atoms with E-state index >= 15 is 0 Å². The Balaban J connectivity index is 2.27. The highest BCUT2D eigenvalue weighted by Crippen LogP contribution is 2.30. The summed E-state index contributed by atoms with van der Waals surface area (Å²) < 4.78 is 32.7. The van der Waals surface area contributed by atoms with Crippen LogP contribution in [0.25, 0.3) is 0 Å². The third-order valence-electron chi connectivity index (χ3n) is 3.85. The van der Waals surface area contributed by atoms with Gasteiger partial charge in [0.15, 0.2) is 0 Å². The van der Waals surface area contributed by atoms with Crippen molar-refractivity contribution in [3.8, 4) is 0 Å². The Labute approximate surface area is 121 Å². The SMILES string of the molecule is CCNCc1cc(S(=O)(=O)N2CCCC2CC)c(C)o1. The van der Waals surface area contributed by atoms with Crippen molar-refractivity contribution in [3.05, 3.63) is 17.6 Å². The Morgan fingerprint density at radius 3 is 2.85 bits per heavy atom. The second kappa shape index (κ2) is 6.28. The number of nitrogens with zero attached hydrogens (tertiary/aromatic N) is 1. The van der Waals surface area contributed by atoms with Gasteiger partial charge in [-0.1, -0.05) is 13.8 Å². The molecule has 0 spiro atoms. The summed E-state index contributed by atoms with van der Waals surface area (Å²) in [7, 11) is -3.42. The van der Waals surface area contributed by atoms with E-state index in [1.54, 1.807) is 17.3 Å². The molecule has 0 radical (unpaired) electrons. The summed E-state index contributed by atoms with van der Waals surface area (Å²) >= 11 is 0. The molecular weight excluding hydrogens is 276 g/mol. The zero-order chi connectivity index (χ0) is 14.8. The average molecular weight is 300 g/mol. The summed E-state index contributed by atoms with van der Waals surface area (Å²) in [5.74, 6) is 1.16. The molecule has 1 atom stereocenters. The molecule has 1 saturated heterocycles. The molecule has 0 bridgehead atoms. The fourth-order valence-electron chi connectivity index (χ4n) is 2.78. The molecule has 2 rings (SSSR count). The Morgan fingerprint density at radius 2 is 2.20 bits per heavy atom. The lowest BCUT2D eigenvalue weighted by Crippen LogP contribution is -2.35. The van der Waals surface area contributed by atoms with Crippen LogP contribution in [0, 0.1) is 6.92 Å². The maximum absolute atomic E-state index is 12.8. The van der Waals surface area contributed by atoms with E-state index in [-0.39, 0.29) is 6.04 Å². The van der Waals surface area contributed by atoms with Crippen molar-refractivity contribution < 1.29 is 12.8 Å². The van der Waals surface area contributed by atoms with E-state index < -0.39 is 10.0 Å². The minimum absolute atomic E-state index is 0.131. The third-order valence-corrected chi connectivity index (χ3v) is 5.91. The normalized spacial score (nSPS) is 20.6. The van der Waals surface area contributed by atoms with Crippen LogP contribution in [0.4, 0.5) is 0 Å². The number of sulfonamides is 1. The van der Waals surface area contributed by atoms with Gasteiger partial charge in [-0.05, 0) is 32.7 Å². The number of nitrogens with one attached hydrogen (secondary N) is 1. The third kappa shape index (κ3) is 2.92. The fourth-order valence-corrected chi connectivity index (χ4v) is 4.73. The molecule has 0 aromatic carbocycles. The van der Waals surface area contributed by atoms with Crippen LogP contribution in [0.3, 0.4) is 0 Å². The van der Waals surface area contributed by atoms with Crippen molar-refractivity contribution in [2.45, 2.75) is 57.5 Å². The molecular formula is C14H24N2O3S. The van der Waals surface area contributed by atoms with Crippen LogP contribution in [0.2, 0.25) is 0 Å². The summed E-state index contributed by atoms with van der Waals surface area (Å²) in [6.45, 7) is 7.77. The molecule has 2 heterocycles. The summed E-state index contributed by atoms with van der Waals surface area (Å²) in [5, 5.41) is 3.14. The molecule has 6 heteroatoms. The van der Waals surface area contributed by atoms with Crippen molar-refractivity contribution in [3.63, 3.8) is 0 Å². The molecule has 114 valence electrons. The van der Waals surface area contributed by atoms with Gasteiger partial charge in [-0.2, -0.15) is 4.31 Å². The van der Waals surface area contributed by atoms with E-state index in [9.17, 15) is 8.42 Å². The lowest BCUT2D eigenvalue weighted by Gasteiger charge is -2.22. The second-order valence-corrected chi connectivity index (χ2v) is 7.09. The first-order valence-corrected chi connectivity index (χ1v) is 8.76. The molecule has 1 unspecified atom stereocenters. The van der Waals surface area contributed by atoms with Gasteiger partial charge in [0.2, 0.25) is 10.0 Å². The molecule has 20 heavy (non-hydrogen) atoms. The Morgan fingerprint density at radius 1 is 1.45 bits per heavy atom. The van der Waals surface area contributed by atoms with Crippen LogP contribution in [0.5, 0.6) is 0 Å². The first-order valence-electron chi connectivity index (χ1n) is 7.32. The van der Waals surface area contributed by atoms with E-state index in [0.717, 1.165) is 25.8 Å². The molecule has 5 nitrogen and oxygen atoms in total. The van der Waals surface area contributed by atoms with E-state index in [1.165, 1.54) is 0 Å². The van der Waals surface area contributed by atoms with Crippen LogP contribution >= 0.6 is 0 Å². The van der Waals surface area contributed by atoms with Gasteiger partial charge in [-0.15, -0.1) is 0 Å². The second-order valence-electron chi connectivity index (χ2n) is 5.23. The maximum atomic E-state index is 12.8. The molecule has 1 aliphatic heterocycles. The quantitative estimate of drug-likeness (QED) is 0.875. The van der Waals surface area contributed by atoms with Gasteiger partial charge in [0.25, 0.3) is 0 Å². The number of furan rings is 1. The summed E-state index contributed by atoms with van der Waals surface area (Å²) in [4.78, 5) is 0.325. The highest BCUT2D eigenvalue weighted by Gasteiger charge is 2.36. The van der Waals surface area contributed by atoms with Crippen LogP contribution < -0.4 is 5.32 Å². The van der Waals surface area contributed by atoms with Crippen molar-refractivity contribution in [2.24, 2.45) is 0 Å². The predicted octanol–water partition coefficient (Wildman–Crippen LogP) is 2.26. The predicted molar refractivity (Wildman–Crippen MR) is 78.0 cm³/mol. The van der Waals surface area contributed by atoms with Gasteiger partial charge >= 0.3 is 0 Å². The minimum atomic E-state index is -3.42. The average Bonchev–Trinajstić information content (AvgIpc) is 3.02. The van der Waals surface area contributed by atoms with Crippen LogP contribution in [-0.2, 0) is 16.6 Å². The molecule has 0 saturated carbocycles. The van der Waals surface area contributed by atoms with Gasteiger partial charge in [0.05, 0.1) is 6.54 Å². The van der Waals surface area contributed by atoms with Crippen molar-refractivity contribution in [1.29, 1.82) is 0 Å².